The SMILES string of the molecule is CC(C)N(CCC#N)c1ccc2ncccc2c1[N+](=O)[O-]. The maximum absolute atomic E-state index is 11.5. The highest BCUT2D eigenvalue weighted by Crippen LogP contribution is 2.36. The van der Waals surface area contributed by atoms with Crippen molar-refractivity contribution in [1.29, 1.82) is 5.26 Å². The van der Waals surface area contributed by atoms with Crippen molar-refractivity contribution in [2.24, 2.45) is 0 Å². The third-order valence-electron chi connectivity index (χ3n) is 3.32. The van der Waals surface area contributed by atoms with Gasteiger partial charge in [-0.25, -0.2) is 0 Å². The molecule has 0 radical (unpaired) electrons. The lowest BCUT2D eigenvalue weighted by Crippen LogP contribution is -2.32. The summed E-state index contributed by atoms with van der Waals surface area (Å²) < 4.78 is 0. The number of pyridine rings is 1. The minimum absolute atomic E-state index is 0.0484. The van der Waals surface area contributed by atoms with E-state index in [0.29, 0.717) is 29.6 Å². The standard InChI is InChI=1S/C15H16N4O2/c1-11(2)18(10-4-8-16)14-7-6-13-12(5-3-9-17-13)15(14)19(20)21/h3,5-7,9,11H,4,10H2,1-2H3. The highest BCUT2D eigenvalue weighted by molar-refractivity contribution is 5.94. The molecule has 0 atom stereocenters. The van der Waals surface area contributed by atoms with E-state index >= 15 is 0 Å². The largest absolute Gasteiger partial charge is 0.363 e. The van der Waals surface area contributed by atoms with E-state index in [4.69, 9.17) is 5.26 Å². The van der Waals surface area contributed by atoms with Gasteiger partial charge in [-0.1, -0.05) is 0 Å². The Hall–Kier alpha value is -2.68. The van der Waals surface area contributed by atoms with E-state index in [1.807, 2.05) is 18.7 Å². The second-order valence-electron chi connectivity index (χ2n) is 4.96. The van der Waals surface area contributed by atoms with Gasteiger partial charge in [0, 0.05) is 18.8 Å². The summed E-state index contributed by atoms with van der Waals surface area (Å²) in [6, 6.07) is 9.03. The first-order valence-corrected chi connectivity index (χ1v) is 6.72. The molecule has 108 valence electrons. The Kier molecular flexibility index (Phi) is 4.33. The first-order chi connectivity index (χ1) is 10.1. The van der Waals surface area contributed by atoms with Crippen molar-refractivity contribution in [3.8, 4) is 6.07 Å². The van der Waals surface area contributed by atoms with Crippen LogP contribution in [0.1, 0.15) is 20.3 Å². The molecule has 0 saturated heterocycles. The smallest absolute Gasteiger partial charge is 0.301 e. The lowest BCUT2D eigenvalue weighted by molar-refractivity contribution is -0.382. The van der Waals surface area contributed by atoms with Gasteiger partial charge in [-0.3, -0.25) is 15.1 Å². The number of nitriles is 1. The molecule has 6 nitrogen and oxygen atoms in total. The van der Waals surface area contributed by atoms with Gasteiger partial charge in [0.2, 0.25) is 0 Å². The number of fused-ring (bicyclic) bond motifs is 1. The first-order valence-electron chi connectivity index (χ1n) is 6.72. The van der Waals surface area contributed by atoms with E-state index in [9.17, 15) is 10.1 Å². The van der Waals surface area contributed by atoms with Crippen LogP contribution in [0.15, 0.2) is 30.5 Å². The fourth-order valence-corrected chi connectivity index (χ4v) is 2.38. The summed E-state index contributed by atoms with van der Waals surface area (Å²) >= 11 is 0. The summed E-state index contributed by atoms with van der Waals surface area (Å²) in [5.41, 5.74) is 1.18. The topological polar surface area (TPSA) is 83.1 Å². The van der Waals surface area contributed by atoms with Crippen LogP contribution in [0.3, 0.4) is 0 Å². The number of anilines is 1. The zero-order valence-corrected chi connectivity index (χ0v) is 12.0. The Labute approximate surface area is 122 Å². The van der Waals surface area contributed by atoms with Crippen LogP contribution >= 0.6 is 0 Å². The average molecular weight is 284 g/mol. The number of benzene rings is 1. The average Bonchev–Trinajstić information content (AvgIpc) is 2.46. The Balaban J connectivity index is 2.64. The van der Waals surface area contributed by atoms with Crippen molar-refractivity contribution in [2.45, 2.75) is 26.3 Å². The molecule has 2 aromatic rings. The molecule has 0 aliphatic carbocycles. The minimum Gasteiger partial charge on any atom is -0.363 e. The summed E-state index contributed by atoms with van der Waals surface area (Å²) in [5, 5.41) is 20.8. The highest BCUT2D eigenvalue weighted by Gasteiger charge is 2.24. The summed E-state index contributed by atoms with van der Waals surface area (Å²) in [6.07, 6.45) is 1.93. The molecule has 0 aliphatic rings. The van der Waals surface area contributed by atoms with Crippen molar-refractivity contribution in [2.75, 3.05) is 11.4 Å². The third kappa shape index (κ3) is 2.92. The number of nitro groups is 1. The van der Waals surface area contributed by atoms with Gasteiger partial charge in [0.1, 0.15) is 5.69 Å². The van der Waals surface area contributed by atoms with E-state index in [1.165, 1.54) is 0 Å². The number of nitro benzene ring substituents is 1. The summed E-state index contributed by atoms with van der Waals surface area (Å²) in [4.78, 5) is 17.2. The number of aromatic nitrogens is 1. The summed E-state index contributed by atoms with van der Waals surface area (Å²) in [5.74, 6) is 0. The Morgan fingerprint density at radius 2 is 2.19 bits per heavy atom. The van der Waals surface area contributed by atoms with Gasteiger partial charge < -0.3 is 4.90 Å². The lowest BCUT2D eigenvalue weighted by Gasteiger charge is -2.28. The van der Waals surface area contributed by atoms with Crippen LogP contribution in [-0.2, 0) is 0 Å². The normalized spacial score (nSPS) is 10.6. The Morgan fingerprint density at radius 3 is 2.81 bits per heavy atom. The molecule has 1 heterocycles. The van der Waals surface area contributed by atoms with Gasteiger partial charge in [-0.2, -0.15) is 5.26 Å². The molecule has 21 heavy (non-hydrogen) atoms. The zero-order valence-electron chi connectivity index (χ0n) is 12.0. The molecule has 0 N–H and O–H groups in total. The molecule has 0 fully saturated rings. The van der Waals surface area contributed by atoms with Crippen molar-refractivity contribution in [3.05, 3.63) is 40.6 Å². The summed E-state index contributed by atoms with van der Waals surface area (Å²) in [7, 11) is 0. The van der Waals surface area contributed by atoms with Crippen molar-refractivity contribution >= 4 is 22.3 Å². The van der Waals surface area contributed by atoms with Crippen molar-refractivity contribution < 1.29 is 4.92 Å². The first kappa shape index (κ1) is 14.7. The van der Waals surface area contributed by atoms with E-state index in [1.54, 1.807) is 30.5 Å². The van der Waals surface area contributed by atoms with Crippen LogP contribution in [0.4, 0.5) is 11.4 Å². The van der Waals surface area contributed by atoms with Gasteiger partial charge in [0.05, 0.1) is 28.3 Å². The maximum atomic E-state index is 11.5. The highest BCUT2D eigenvalue weighted by atomic mass is 16.6. The van der Waals surface area contributed by atoms with Gasteiger partial charge in [-0.05, 0) is 38.1 Å². The third-order valence-corrected chi connectivity index (χ3v) is 3.32. The minimum atomic E-state index is -0.374. The van der Waals surface area contributed by atoms with Crippen LogP contribution in [-0.4, -0.2) is 22.5 Å². The second kappa shape index (κ2) is 6.18. The monoisotopic (exact) mass is 284 g/mol. The van der Waals surface area contributed by atoms with E-state index in [-0.39, 0.29) is 16.7 Å². The van der Waals surface area contributed by atoms with E-state index in [0.717, 1.165) is 0 Å². The number of rotatable bonds is 5. The molecule has 0 spiro atoms. The molecule has 0 amide bonds. The fourth-order valence-electron chi connectivity index (χ4n) is 2.38. The number of nitrogens with zero attached hydrogens (tertiary/aromatic N) is 4. The molecular weight excluding hydrogens is 268 g/mol. The molecule has 6 heteroatoms. The quantitative estimate of drug-likeness (QED) is 0.621. The van der Waals surface area contributed by atoms with Crippen LogP contribution in [0, 0.1) is 21.4 Å². The van der Waals surface area contributed by atoms with Gasteiger partial charge in [-0.15, -0.1) is 0 Å². The molecule has 1 aromatic carbocycles. The predicted octanol–water partition coefficient (Wildman–Crippen LogP) is 3.27. The second-order valence-corrected chi connectivity index (χ2v) is 4.96. The molecule has 2 rings (SSSR count). The summed E-state index contributed by atoms with van der Waals surface area (Å²) in [6.45, 7) is 4.36. The van der Waals surface area contributed by atoms with Crippen LogP contribution in [0.25, 0.3) is 10.9 Å². The molecule has 0 saturated carbocycles. The van der Waals surface area contributed by atoms with Gasteiger partial charge in [0.25, 0.3) is 0 Å². The Bertz CT molecular complexity index is 706. The molecular formula is C15H16N4O2. The van der Waals surface area contributed by atoms with Gasteiger partial charge >= 0.3 is 5.69 Å². The Morgan fingerprint density at radius 1 is 1.43 bits per heavy atom. The van der Waals surface area contributed by atoms with Gasteiger partial charge in [0.15, 0.2) is 0 Å². The van der Waals surface area contributed by atoms with Crippen LogP contribution in [0.5, 0.6) is 0 Å². The van der Waals surface area contributed by atoms with Crippen molar-refractivity contribution in [1.82, 2.24) is 4.98 Å². The van der Waals surface area contributed by atoms with Crippen molar-refractivity contribution in [3.63, 3.8) is 0 Å². The van der Waals surface area contributed by atoms with E-state index in [2.05, 4.69) is 11.1 Å². The zero-order chi connectivity index (χ0) is 15.4. The van der Waals surface area contributed by atoms with Crippen LogP contribution in [0.2, 0.25) is 0 Å². The van der Waals surface area contributed by atoms with Crippen LogP contribution < -0.4 is 4.90 Å². The van der Waals surface area contributed by atoms with E-state index < -0.39 is 0 Å². The molecule has 0 aliphatic heterocycles. The number of hydrogen-bond donors (Lipinski definition) is 0. The number of hydrogen-bond acceptors (Lipinski definition) is 5. The lowest BCUT2D eigenvalue weighted by atomic mass is 10.1. The fraction of sp³-hybridized carbons (Fsp3) is 0.333. The predicted molar refractivity (Wildman–Crippen MR) is 81.1 cm³/mol. The molecule has 0 bridgehead atoms. The molecule has 0 unspecified atom stereocenters. The maximum Gasteiger partial charge on any atom is 0.301 e. The molecule has 1 aromatic heterocycles.